The molecule has 1 aromatic heterocycles. The van der Waals surface area contributed by atoms with Gasteiger partial charge in [0.05, 0.1) is 12.2 Å². The van der Waals surface area contributed by atoms with Crippen LogP contribution in [-0.2, 0) is 13.2 Å². The Kier molecular flexibility index (Phi) is 5.75. The van der Waals surface area contributed by atoms with Gasteiger partial charge in [-0.3, -0.25) is 0 Å². The Balaban J connectivity index is 1.51. The van der Waals surface area contributed by atoms with Crippen LogP contribution in [0.3, 0.4) is 0 Å². The lowest BCUT2D eigenvalue weighted by atomic mass is 10.1. The maximum Gasteiger partial charge on any atom is 0.512 e. The normalized spacial score (nSPS) is 10.5. The van der Waals surface area contributed by atoms with Crippen molar-refractivity contribution >= 4 is 6.16 Å². The highest BCUT2D eigenvalue weighted by molar-refractivity contribution is 5.64. The monoisotopic (exact) mass is 400 g/mol. The van der Waals surface area contributed by atoms with Gasteiger partial charge in [-0.2, -0.15) is 5.10 Å². The summed E-state index contributed by atoms with van der Waals surface area (Å²) in [6.07, 6.45) is -1.37. The summed E-state index contributed by atoms with van der Waals surface area (Å²) in [5.41, 5.74) is 3.55. The Hall–Kier alpha value is -4.06. The van der Waals surface area contributed by atoms with E-state index in [-0.39, 0.29) is 5.88 Å². The van der Waals surface area contributed by atoms with E-state index in [1.165, 1.54) is 0 Å². The van der Waals surface area contributed by atoms with Crippen molar-refractivity contribution < 1.29 is 19.4 Å². The molecule has 0 atom stereocenters. The van der Waals surface area contributed by atoms with Crippen LogP contribution < -0.4 is 9.47 Å². The van der Waals surface area contributed by atoms with Crippen LogP contribution in [0.25, 0.3) is 11.3 Å². The molecule has 0 spiro atoms. The molecule has 0 saturated heterocycles. The molecule has 0 aliphatic rings. The van der Waals surface area contributed by atoms with Gasteiger partial charge in [0.1, 0.15) is 12.4 Å². The van der Waals surface area contributed by atoms with Gasteiger partial charge in [-0.15, -0.1) is 0 Å². The van der Waals surface area contributed by atoms with E-state index in [1.807, 2.05) is 84.9 Å². The van der Waals surface area contributed by atoms with Gasteiger partial charge >= 0.3 is 6.16 Å². The fourth-order valence-corrected chi connectivity index (χ4v) is 3.04. The molecule has 3 aromatic carbocycles. The quantitative estimate of drug-likeness (QED) is 0.430. The zero-order chi connectivity index (χ0) is 20.8. The van der Waals surface area contributed by atoms with E-state index < -0.39 is 6.16 Å². The summed E-state index contributed by atoms with van der Waals surface area (Å²) in [6, 6.07) is 28.7. The molecule has 0 saturated carbocycles. The van der Waals surface area contributed by atoms with Crippen LogP contribution in [0.4, 0.5) is 4.79 Å². The number of hydrogen-bond donors (Lipinski definition) is 1. The number of benzene rings is 3. The number of ether oxygens (including phenoxy) is 2. The van der Waals surface area contributed by atoms with E-state index in [0.717, 1.165) is 22.4 Å². The molecule has 1 N–H and O–H groups in total. The molecular formula is C24H20N2O4. The van der Waals surface area contributed by atoms with Crippen LogP contribution >= 0.6 is 0 Å². The molecular weight excluding hydrogens is 380 g/mol. The van der Waals surface area contributed by atoms with Crippen LogP contribution in [0.5, 0.6) is 11.6 Å². The maximum atomic E-state index is 11.1. The van der Waals surface area contributed by atoms with Crippen molar-refractivity contribution in [2.24, 2.45) is 0 Å². The molecule has 0 amide bonds. The Morgan fingerprint density at radius 1 is 0.867 bits per heavy atom. The molecule has 4 aromatic rings. The van der Waals surface area contributed by atoms with Gasteiger partial charge in [-0.25, -0.2) is 9.48 Å². The third-order valence-corrected chi connectivity index (χ3v) is 4.51. The summed E-state index contributed by atoms with van der Waals surface area (Å²) in [7, 11) is 0. The van der Waals surface area contributed by atoms with Crippen LogP contribution in [0.2, 0.25) is 0 Å². The first-order valence-electron chi connectivity index (χ1n) is 9.47. The standard InChI is InChI=1S/C24H20N2O4/c27-24(28)30-23-15-22(25-26(23)16-18-7-3-1-4-8-18)20-11-13-21(14-12-20)29-17-19-9-5-2-6-10-19/h1-15H,16-17H2,(H,27,28). The zero-order valence-electron chi connectivity index (χ0n) is 16.1. The lowest BCUT2D eigenvalue weighted by molar-refractivity contribution is 0.140. The van der Waals surface area contributed by atoms with E-state index in [0.29, 0.717) is 18.8 Å². The first-order valence-corrected chi connectivity index (χ1v) is 9.47. The maximum absolute atomic E-state index is 11.1. The summed E-state index contributed by atoms with van der Waals surface area (Å²) in [5, 5.41) is 13.6. The van der Waals surface area contributed by atoms with Crippen LogP contribution in [-0.4, -0.2) is 21.0 Å². The van der Waals surface area contributed by atoms with Crippen LogP contribution in [0, 0.1) is 0 Å². The predicted octanol–water partition coefficient (Wildman–Crippen LogP) is 5.23. The SMILES string of the molecule is O=C(O)Oc1cc(-c2ccc(OCc3ccccc3)cc2)nn1Cc1ccccc1. The van der Waals surface area contributed by atoms with Crippen molar-refractivity contribution in [2.75, 3.05) is 0 Å². The first-order chi connectivity index (χ1) is 14.7. The molecule has 6 heteroatoms. The minimum absolute atomic E-state index is 0.172. The molecule has 4 rings (SSSR count). The molecule has 1 heterocycles. The molecule has 0 aliphatic carbocycles. The summed E-state index contributed by atoms with van der Waals surface area (Å²) in [4.78, 5) is 11.1. The molecule has 6 nitrogen and oxygen atoms in total. The minimum atomic E-state index is -1.37. The molecule has 0 unspecified atom stereocenters. The van der Waals surface area contributed by atoms with E-state index in [9.17, 15) is 4.79 Å². The summed E-state index contributed by atoms with van der Waals surface area (Å²) < 4.78 is 12.3. The highest BCUT2D eigenvalue weighted by atomic mass is 16.7. The Morgan fingerprint density at radius 2 is 1.50 bits per heavy atom. The fourth-order valence-electron chi connectivity index (χ4n) is 3.04. The van der Waals surface area contributed by atoms with Crippen LogP contribution in [0.15, 0.2) is 91.0 Å². The number of hydrogen-bond acceptors (Lipinski definition) is 4. The third-order valence-electron chi connectivity index (χ3n) is 4.51. The highest BCUT2D eigenvalue weighted by Gasteiger charge is 2.14. The smallest absolute Gasteiger partial charge is 0.489 e. The van der Waals surface area contributed by atoms with Crippen molar-refractivity contribution in [2.45, 2.75) is 13.2 Å². The lowest BCUT2D eigenvalue weighted by Crippen LogP contribution is -2.10. The molecule has 0 aliphatic heterocycles. The minimum Gasteiger partial charge on any atom is -0.489 e. The lowest BCUT2D eigenvalue weighted by Gasteiger charge is -2.07. The van der Waals surface area contributed by atoms with Gasteiger partial charge in [0, 0.05) is 11.6 Å². The average Bonchev–Trinajstić information content (AvgIpc) is 3.15. The van der Waals surface area contributed by atoms with E-state index in [1.54, 1.807) is 10.7 Å². The second-order valence-electron chi connectivity index (χ2n) is 6.68. The summed E-state index contributed by atoms with van der Waals surface area (Å²) in [6.45, 7) is 0.893. The van der Waals surface area contributed by atoms with Gasteiger partial charge in [-0.05, 0) is 35.4 Å². The summed E-state index contributed by atoms with van der Waals surface area (Å²) >= 11 is 0. The Morgan fingerprint density at radius 3 is 2.13 bits per heavy atom. The Labute approximate surface area is 173 Å². The van der Waals surface area contributed by atoms with Gasteiger partial charge < -0.3 is 14.6 Å². The first kappa shape index (κ1) is 19.3. The molecule has 0 fully saturated rings. The number of aromatic nitrogens is 2. The van der Waals surface area contributed by atoms with Crippen molar-refractivity contribution in [3.05, 3.63) is 102 Å². The molecule has 0 bridgehead atoms. The second-order valence-corrected chi connectivity index (χ2v) is 6.68. The highest BCUT2D eigenvalue weighted by Crippen LogP contribution is 2.26. The van der Waals surface area contributed by atoms with Gasteiger partial charge in [0.2, 0.25) is 5.88 Å². The van der Waals surface area contributed by atoms with E-state index in [4.69, 9.17) is 14.6 Å². The molecule has 0 radical (unpaired) electrons. The topological polar surface area (TPSA) is 73.6 Å². The summed E-state index contributed by atoms with van der Waals surface area (Å²) in [5.74, 6) is 0.916. The largest absolute Gasteiger partial charge is 0.512 e. The number of nitrogens with zero attached hydrogens (tertiary/aromatic N) is 2. The molecule has 30 heavy (non-hydrogen) atoms. The van der Waals surface area contributed by atoms with E-state index >= 15 is 0 Å². The number of rotatable bonds is 7. The fraction of sp³-hybridized carbons (Fsp3) is 0.0833. The predicted molar refractivity (Wildman–Crippen MR) is 113 cm³/mol. The van der Waals surface area contributed by atoms with Crippen molar-refractivity contribution in [1.82, 2.24) is 9.78 Å². The van der Waals surface area contributed by atoms with Crippen molar-refractivity contribution in [3.63, 3.8) is 0 Å². The molecule has 150 valence electrons. The van der Waals surface area contributed by atoms with Gasteiger partial charge in [-0.1, -0.05) is 60.7 Å². The van der Waals surface area contributed by atoms with Crippen LogP contribution in [0.1, 0.15) is 11.1 Å². The third kappa shape index (κ3) is 4.86. The van der Waals surface area contributed by atoms with E-state index in [2.05, 4.69) is 5.10 Å². The Bertz CT molecular complexity index is 1110. The zero-order valence-corrected chi connectivity index (χ0v) is 16.1. The van der Waals surface area contributed by atoms with Gasteiger partial charge in [0.25, 0.3) is 0 Å². The average molecular weight is 400 g/mol. The van der Waals surface area contributed by atoms with Crippen molar-refractivity contribution in [1.29, 1.82) is 0 Å². The number of carbonyl (C=O) groups is 1. The number of carboxylic acid groups (broad SMARTS) is 1. The second kappa shape index (κ2) is 8.96. The van der Waals surface area contributed by atoms with Crippen molar-refractivity contribution in [3.8, 4) is 22.9 Å². The van der Waals surface area contributed by atoms with Gasteiger partial charge in [0.15, 0.2) is 0 Å².